The first-order chi connectivity index (χ1) is 9.92. The van der Waals surface area contributed by atoms with Crippen LogP contribution < -0.4 is 10.0 Å². The Morgan fingerprint density at radius 1 is 1.33 bits per heavy atom. The van der Waals surface area contributed by atoms with E-state index in [2.05, 4.69) is 15.0 Å². The highest BCUT2D eigenvalue weighted by Crippen LogP contribution is 2.25. The molecule has 0 aliphatic carbocycles. The van der Waals surface area contributed by atoms with E-state index in [0.717, 1.165) is 20.5 Å². The second-order valence-corrected chi connectivity index (χ2v) is 8.81. The minimum Gasteiger partial charge on any atom is -0.315 e. The third-order valence-electron chi connectivity index (χ3n) is 2.90. The molecular formula is C13H19N3O2S3. The van der Waals surface area contributed by atoms with Crippen LogP contribution in [0.1, 0.15) is 20.5 Å². The van der Waals surface area contributed by atoms with E-state index in [9.17, 15) is 8.42 Å². The number of hydrogen-bond donors (Lipinski definition) is 2. The van der Waals surface area contributed by atoms with Gasteiger partial charge in [-0.05, 0) is 27.0 Å². The van der Waals surface area contributed by atoms with Crippen molar-refractivity contribution in [2.24, 2.45) is 0 Å². The summed E-state index contributed by atoms with van der Waals surface area (Å²) < 4.78 is 27.3. The van der Waals surface area contributed by atoms with Crippen molar-refractivity contribution in [3.05, 3.63) is 31.9 Å². The molecule has 0 radical (unpaired) electrons. The van der Waals surface area contributed by atoms with Gasteiger partial charge in [-0.25, -0.2) is 18.1 Å². The number of aromatic nitrogens is 1. The molecule has 0 amide bonds. The quantitative estimate of drug-likeness (QED) is 0.806. The average Bonchev–Trinajstić information content (AvgIpc) is 2.96. The maximum absolute atomic E-state index is 12.3. The van der Waals surface area contributed by atoms with Gasteiger partial charge in [-0.3, -0.25) is 0 Å². The van der Waals surface area contributed by atoms with E-state index in [1.54, 1.807) is 17.4 Å². The Bertz CT molecular complexity index is 704. The second kappa shape index (κ2) is 6.97. The fraction of sp³-hybridized carbons (Fsp3) is 0.462. The van der Waals surface area contributed by atoms with Crippen molar-refractivity contribution in [2.75, 3.05) is 13.6 Å². The third kappa shape index (κ3) is 4.33. The number of sulfonamides is 1. The molecule has 2 aromatic rings. The van der Waals surface area contributed by atoms with Crippen molar-refractivity contribution >= 4 is 32.7 Å². The van der Waals surface area contributed by atoms with Crippen molar-refractivity contribution in [3.8, 4) is 0 Å². The standard InChI is InChI=1S/C13H19N3O2S3/c1-9-13(6-12(20-9)7-14-3)21(17,18)15-5-4-11-8-19-10(2)16-11/h6,8,14-15H,4-5,7H2,1-3H3. The molecule has 0 unspecified atom stereocenters. The number of aryl methyl sites for hydroxylation is 2. The fourth-order valence-electron chi connectivity index (χ4n) is 1.97. The van der Waals surface area contributed by atoms with Gasteiger partial charge in [-0.2, -0.15) is 0 Å². The lowest BCUT2D eigenvalue weighted by molar-refractivity contribution is 0.581. The number of nitrogens with zero attached hydrogens (tertiary/aromatic N) is 1. The van der Waals surface area contributed by atoms with Gasteiger partial charge in [-0.15, -0.1) is 22.7 Å². The highest BCUT2D eigenvalue weighted by molar-refractivity contribution is 7.89. The van der Waals surface area contributed by atoms with Crippen LogP contribution in [0, 0.1) is 13.8 Å². The van der Waals surface area contributed by atoms with Crippen LogP contribution in [-0.4, -0.2) is 27.0 Å². The lowest BCUT2D eigenvalue weighted by Crippen LogP contribution is -2.26. The van der Waals surface area contributed by atoms with E-state index in [1.807, 2.05) is 26.3 Å². The van der Waals surface area contributed by atoms with E-state index >= 15 is 0 Å². The van der Waals surface area contributed by atoms with Crippen LogP contribution in [0.2, 0.25) is 0 Å². The first-order valence-corrected chi connectivity index (χ1v) is 9.75. The zero-order chi connectivity index (χ0) is 15.5. The van der Waals surface area contributed by atoms with Crippen LogP contribution >= 0.6 is 22.7 Å². The molecule has 116 valence electrons. The molecular weight excluding hydrogens is 326 g/mol. The SMILES string of the molecule is CNCc1cc(S(=O)(=O)NCCc2csc(C)n2)c(C)s1. The summed E-state index contributed by atoms with van der Waals surface area (Å²) >= 11 is 3.08. The van der Waals surface area contributed by atoms with Gasteiger partial charge in [0.05, 0.1) is 15.6 Å². The topological polar surface area (TPSA) is 71.1 Å². The van der Waals surface area contributed by atoms with Gasteiger partial charge in [0.15, 0.2) is 0 Å². The fourth-order valence-corrected chi connectivity index (χ4v) is 5.29. The third-order valence-corrected chi connectivity index (χ3v) is 6.49. The molecule has 0 aromatic carbocycles. The van der Waals surface area contributed by atoms with Crippen molar-refractivity contribution < 1.29 is 8.42 Å². The van der Waals surface area contributed by atoms with Gasteiger partial charge < -0.3 is 5.32 Å². The largest absolute Gasteiger partial charge is 0.315 e. The maximum Gasteiger partial charge on any atom is 0.241 e. The summed E-state index contributed by atoms with van der Waals surface area (Å²) in [6.07, 6.45) is 0.607. The molecule has 5 nitrogen and oxygen atoms in total. The van der Waals surface area contributed by atoms with Gasteiger partial charge in [0, 0.05) is 34.6 Å². The molecule has 21 heavy (non-hydrogen) atoms. The predicted molar refractivity (Wildman–Crippen MR) is 87.6 cm³/mol. The summed E-state index contributed by atoms with van der Waals surface area (Å²) in [5.41, 5.74) is 0.929. The zero-order valence-electron chi connectivity index (χ0n) is 12.3. The Morgan fingerprint density at radius 3 is 2.71 bits per heavy atom. The molecule has 0 saturated carbocycles. The van der Waals surface area contributed by atoms with Crippen LogP contribution in [0.3, 0.4) is 0 Å². The lowest BCUT2D eigenvalue weighted by Gasteiger charge is -2.05. The molecule has 2 N–H and O–H groups in total. The number of thiophene rings is 1. The van der Waals surface area contributed by atoms with Gasteiger partial charge in [0.1, 0.15) is 0 Å². The normalized spacial score (nSPS) is 12.0. The predicted octanol–water partition coefficient (Wildman–Crippen LogP) is 2.06. The van der Waals surface area contributed by atoms with Crippen LogP contribution in [-0.2, 0) is 23.0 Å². The second-order valence-electron chi connectivity index (χ2n) is 4.67. The summed E-state index contributed by atoms with van der Waals surface area (Å²) in [6.45, 7) is 4.82. The number of nitrogens with one attached hydrogen (secondary N) is 2. The van der Waals surface area contributed by atoms with E-state index < -0.39 is 10.0 Å². The summed E-state index contributed by atoms with van der Waals surface area (Å²) in [5, 5.41) is 5.99. The smallest absolute Gasteiger partial charge is 0.241 e. The Morgan fingerprint density at radius 2 is 2.10 bits per heavy atom. The monoisotopic (exact) mass is 345 g/mol. The summed E-state index contributed by atoms with van der Waals surface area (Å²) in [6, 6.07) is 1.74. The molecule has 0 aliphatic heterocycles. The molecule has 0 fully saturated rings. The molecule has 8 heteroatoms. The molecule has 0 atom stereocenters. The highest BCUT2D eigenvalue weighted by Gasteiger charge is 2.19. The lowest BCUT2D eigenvalue weighted by atomic mass is 10.3. The van der Waals surface area contributed by atoms with Crippen LogP contribution in [0.25, 0.3) is 0 Å². The van der Waals surface area contributed by atoms with E-state index in [1.165, 1.54) is 11.3 Å². The van der Waals surface area contributed by atoms with Crippen molar-refractivity contribution in [3.63, 3.8) is 0 Å². The molecule has 2 aromatic heterocycles. The van der Waals surface area contributed by atoms with Gasteiger partial charge >= 0.3 is 0 Å². The number of thiazole rings is 1. The summed E-state index contributed by atoms with van der Waals surface area (Å²) in [5.74, 6) is 0. The first kappa shape index (κ1) is 16.6. The minimum absolute atomic E-state index is 0.363. The molecule has 2 rings (SSSR count). The summed E-state index contributed by atoms with van der Waals surface area (Å²) in [7, 11) is -1.60. The Balaban J connectivity index is 2.01. The Labute approximate surface area is 133 Å². The molecule has 0 bridgehead atoms. The highest BCUT2D eigenvalue weighted by atomic mass is 32.2. The summed E-state index contributed by atoms with van der Waals surface area (Å²) in [4.78, 5) is 6.54. The van der Waals surface area contributed by atoms with Crippen molar-refractivity contribution in [1.82, 2.24) is 15.0 Å². The molecule has 0 saturated heterocycles. The minimum atomic E-state index is -3.44. The van der Waals surface area contributed by atoms with Crippen molar-refractivity contribution in [1.29, 1.82) is 0 Å². The maximum atomic E-state index is 12.3. The molecule has 2 heterocycles. The van der Waals surface area contributed by atoms with Gasteiger partial charge in [0.2, 0.25) is 10.0 Å². The van der Waals surface area contributed by atoms with Crippen LogP contribution in [0.15, 0.2) is 16.3 Å². The van der Waals surface area contributed by atoms with Crippen LogP contribution in [0.5, 0.6) is 0 Å². The number of hydrogen-bond acceptors (Lipinski definition) is 6. The van der Waals surface area contributed by atoms with E-state index in [0.29, 0.717) is 24.4 Å². The number of rotatable bonds is 7. The van der Waals surface area contributed by atoms with E-state index in [-0.39, 0.29) is 0 Å². The molecule has 0 aliphatic rings. The average molecular weight is 346 g/mol. The Hall–Kier alpha value is -0.800. The van der Waals surface area contributed by atoms with Gasteiger partial charge in [-0.1, -0.05) is 0 Å². The zero-order valence-corrected chi connectivity index (χ0v) is 14.7. The van der Waals surface area contributed by atoms with Crippen molar-refractivity contribution in [2.45, 2.75) is 31.7 Å². The van der Waals surface area contributed by atoms with Crippen LogP contribution in [0.4, 0.5) is 0 Å². The molecule has 0 spiro atoms. The van der Waals surface area contributed by atoms with E-state index in [4.69, 9.17) is 0 Å². The Kier molecular flexibility index (Phi) is 5.50. The van der Waals surface area contributed by atoms with Gasteiger partial charge in [0.25, 0.3) is 0 Å². The first-order valence-electron chi connectivity index (χ1n) is 6.57.